The van der Waals surface area contributed by atoms with E-state index < -0.39 is 23.8 Å². The lowest BCUT2D eigenvalue weighted by Gasteiger charge is -2.28. The van der Waals surface area contributed by atoms with Crippen molar-refractivity contribution in [3.8, 4) is 11.3 Å². The van der Waals surface area contributed by atoms with E-state index in [-0.39, 0.29) is 11.5 Å². The smallest absolute Gasteiger partial charge is 0.338 e. The SMILES string of the molecule is CC(C)COC(=O)c1ccc(-c2ccc(C=C3C(=O)N(C)C(=O)N(C)C3=O)o2)cc1. The van der Waals surface area contributed by atoms with Crippen molar-refractivity contribution < 1.29 is 28.3 Å². The van der Waals surface area contributed by atoms with Gasteiger partial charge >= 0.3 is 12.0 Å². The number of ether oxygens (including phenoxy) is 1. The lowest BCUT2D eigenvalue weighted by Crippen LogP contribution is -2.52. The van der Waals surface area contributed by atoms with Gasteiger partial charge in [0.25, 0.3) is 11.8 Å². The first-order chi connectivity index (χ1) is 14.2. The Bertz CT molecular complexity index is 1010. The number of barbiturate groups is 1. The van der Waals surface area contributed by atoms with Crippen LogP contribution in [-0.4, -0.2) is 54.3 Å². The topological polar surface area (TPSA) is 97.1 Å². The molecule has 8 nitrogen and oxygen atoms in total. The largest absolute Gasteiger partial charge is 0.462 e. The van der Waals surface area contributed by atoms with Crippen LogP contribution in [0.2, 0.25) is 0 Å². The summed E-state index contributed by atoms with van der Waals surface area (Å²) in [5, 5.41) is 0. The second kappa shape index (κ2) is 8.36. The number of likely N-dealkylation sites (N-methyl/N-ethyl adjacent to an activating group) is 2. The zero-order chi connectivity index (χ0) is 22.0. The van der Waals surface area contributed by atoms with Crippen LogP contribution in [0.4, 0.5) is 4.79 Å². The third-order valence-corrected chi connectivity index (χ3v) is 4.51. The summed E-state index contributed by atoms with van der Waals surface area (Å²) in [6, 6.07) is 9.34. The quantitative estimate of drug-likeness (QED) is 0.427. The summed E-state index contributed by atoms with van der Waals surface area (Å²) >= 11 is 0. The highest BCUT2D eigenvalue weighted by molar-refractivity contribution is 6.30. The van der Waals surface area contributed by atoms with Crippen molar-refractivity contribution in [2.45, 2.75) is 13.8 Å². The van der Waals surface area contributed by atoms with Gasteiger partial charge in [0.2, 0.25) is 0 Å². The molecule has 0 bridgehead atoms. The molecule has 0 unspecified atom stereocenters. The molecular weight excluding hydrogens is 388 g/mol. The van der Waals surface area contributed by atoms with E-state index in [9.17, 15) is 19.2 Å². The summed E-state index contributed by atoms with van der Waals surface area (Å²) in [5.74, 6) is -0.729. The van der Waals surface area contributed by atoms with Crippen LogP contribution in [0.3, 0.4) is 0 Å². The minimum atomic E-state index is -0.690. The summed E-state index contributed by atoms with van der Waals surface area (Å²) < 4.78 is 10.9. The molecule has 0 radical (unpaired) electrons. The second-order valence-electron chi connectivity index (χ2n) is 7.34. The zero-order valence-corrected chi connectivity index (χ0v) is 17.2. The summed E-state index contributed by atoms with van der Waals surface area (Å²) in [4.78, 5) is 50.1. The van der Waals surface area contributed by atoms with Crippen LogP contribution in [0, 0.1) is 5.92 Å². The Balaban J connectivity index is 1.79. The molecule has 0 saturated carbocycles. The fraction of sp³-hybridized carbons (Fsp3) is 0.273. The lowest BCUT2D eigenvalue weighted by molar-refractivity contribution is -0.134. The van der Waals surface area contributed by atoms with Crippen LogP contribution in [0.1, 0.15) is 30.0 Å². The molecule has 0 N–H and O–H groups in total. The lowest BCUT2D eigenvalue weighted by atomic mass is 10.1. The van der Waals surface area contributed by atoms with Gasteiger partial charge < -0.3 is 9.15 Å². The number of hydrogen-bond acceptors (Lipinski definition) is 6. The Morgan fingerprint density at radius 2 is 1.60 bits per heavy atom. The predicted octanol–water partition coefficient (Wildman–Crippen LogP) is 3.19. The van der Waals surface area contributed by atoms with Gasteiger partial charge in [-0.05, 0) is 36.3 Å². The number of benzene rings is 1. The third-order valence-electron chi connectivity index (χ3n) is 4.51. The van der Waals surface area contributed by atoms with Crippen LogP contribution in [0.5, 0.6) is 0 Å². The Morgan fingerprint density at radius 3 is 2.17 bits per heavy atom. The molecule has 0 spiro atoms. The van der Waals surface area contributed by atoms with Gasteiger partial charge in [-0.2, -0.15) is 0 Å². The molecule has 3 rings (SSSR count). The number of nitrogens with zero attached hydrogens (tertiary/aromatic N) is 2. The van der Waals surface area contributed by atoms with E-state index in [2.05, 4.69) is 0 Å². The number of hydrogen-bond donors (Lipinski definition) is 0. The van der Waals surface area contributed by atoms with Gasteiger partial charge in [0, 0.05) is 19.7 Å². The van der Waals surface area contributed by atoms with Gasteiger partial charge in [-0.3, -0.25) is 19.4 Å². The second-order valence-corrected chi connectivity index (χ2v) is 7.34. The fourth-order valence-corrected chi connectivity index (χ4v) is 2.80. The van der Waals surface area contributed by atoms with E-state index >= 15 is 0 Å². The summed E-state index contributed by atoms with van der Waals surface area (Å²) in [7, 11) is 2.62. The summed E-state index contributed by atoms with van der Waals surface area (Å²) in [5.41, 5.74) is 0.983. The Labute approximate surface area is 173 Å². The maximum atomic E-state index is 12.3. The molecule has 1 aromatic carbocycles. The molecule has 1 aliphatic heterocycles. The molecule has 0 aliphatic carbocycles. The molecule has 1 fully saturated rings. The summed E-state index contributed by atoms with van der Waals surface area (Å²) in [6.45, 7) is 4.27. The Morgan fingerprint density at radius 1 is 1.00 bits per heavy atom. The van der Waals surface area contributed by atoms with Crippen LogP contribution >= 0.6 is 0 Å². The van der Waals surface area contributed by atoms with Gasteiger partial charge in [-0.1, -0.05) is 26.0 Å². The molecule has 1 saturated heterocycles. The van der Waals surface area contributed by atoms with E-state index in [1.54, 1.807) is 36.4 Å². The van der Waals surface area contributed by atoms with Crippen LogP contribution in [0.15, 0.2) is 46.4 Å². The van der Waals surface area contributed by atoms with Crippen molar-refractivity contribution >= 4 is 29.9 Å². The highest BCUT2D eigenvalue weighted by Gasteiger charge is 2.38. The number of esters is 1. The fourth-order valence-electron chi connectivity index (χ4n) is 2.80. The molecule has 2 heterocycles. The van der Waals surface area contributed by atoms with Gasteiger partial charge in [-0.25, -0.2) is 9.59 Å². The van der Waals surface area contributed by atoms with Crippen LogP contribution < -0.4 is 0 Å². The Hall–Kier alpha value is -3.68. The van der Waals surface area contributed by atoms with Crippen molar-refractivity contribution in [2.75, 3.05) is 20.7 Å². The number of carbonyl (C=O) groups excluding carboxylic acids is 4. The number of carbonyl (C=O) groups is 4. The van der Waals surface area contributed by atoms with Crippen molar-refractivity contribution in [1.82, 2.24) is 9.80 Å². The molecule has 1 aromatic heterocycles. The first-order valence-electron chi connectivity index (χ1n) is 9.38. The minimum Gasteiger partial charge on any atom is -0.462 e. The molecular formula is C22H22N2O6. The first kappa shape index (κ1) is 21.0. The van der Waals surface area contributed by atoms with Gasteiger partial charge in [0.15, 0.2) is 0 Å². The first-order valence-corrected chi connectivity index (χ1v) is 9.38. The highest BCUT2D eigenvalue weighted by Crippen LogP contribution is 2.25. The average Bonchev–Trinajstić information content (AvgIpc) is 3.21. The number of rotatable bonds is 5. The van der Waals surface area contributed by atoms with Crippen LogP contribution in [-0.2, 0) is 14.3 Å². The molecule has 1 aliphatic rings. The van der Waals surface area contributed by atoms with E-state index in [4.69, 9.17) is 9.15 Å². The third kappa shape index (κ3) is 4.17. The monoisotopic (exact) mass is 410 g/mol. The van der Waals surface area contributed by atoms with Crippen LogP contribution in [0.25, 0.3) is 17.4 Å². The van der Waals surface area contributed by atoms with E-state index in [0.29, 0.717) is 29.3 Å². The van der Waals surface area contributed by atoms with E-state index in [1.165, 1.54) is 20.2 Å². The maximum Gasteiger partial charge on any atom is 0.338 e. The molecule has 8 heteroatoms. The minimum absolute atomic E-state index is 0.163. The molecule has 4 amide bonds. The normalized spacial score (nSPS) is 14.6. The highest BCUT2D eigenvalue weighted by atomic mass is 16.5. The predicted molar refractivity (Wildman–Crippen MR) is 108 cm³/mol. The van der Waals surface area contributed by atoms with E-state index in [1.807, 2.05) is 13.8 Å². The van der Waals surface area contributed by atoms with Gasteiger partial charge in [0.1, 0.15) is 17.1 Å². The maximum absolute atomic E-state index is 12.3. The van der Waals surface area contributed by atoms with Crippen molar-refractivity contribution in [3.63, 3.8) is 0 Å². The molecule has 30 heavy (non-hydrogen) atoms. The van der Waals surface area contributed by atoms with Crippen molar-refractivity contribution in [2.24, 2.45) is 5.92 Å². The average molecular weight is 410 g/mol. The number of urea groups is 1. The number of imide groups is 2. The van der Waals surface area contributed by atoms with Crippen molar-refractivity contribution in [1.29, 1.82) is 0 Å². The molecule has 0 atom stereocenters. The van der Waals surface area contributed by atoms with Gasteiger partial charge in [-0.15, -0.1) is 0 Å². The zero-order valence-electron chi connectivity index (χ0n) is 17.2. The van der Waals surface area contributed by atoms with Gasteiger partial charge in [0.05, 0.1) is 12.2 Å². The standard InChI is InChI=1S/C22H22N2O6/c1-13(2)12-29-21(27)15-7-5-14(6-8-15)18-10-9-16(30-18)11-17-19(25)23(3)22(28)24(4)20(17)26/h5-11,13H,12H2,1-4H3. The number of furan rings is 1. The van der Waals surface area contributed by atoms with E-state index in [0.717, 1.165) is 9.80 Å². The summed E-state index contributed by atoms with van der Waals surface area (Å²) in [6.07, 6.45) is 1.31. The van der Waals surface area contributed by atoms with Crippen molar-refractivity contribution in [3.05, 3.63) is 53.3 Å². The number of amides is 4. The Kier molecular flexibility index (Phi) is 5.86. The molecule has 2 aromatic rings. The molecule has 156 valence electrons.